The number of hydrogen-bond acceptors (Lipinski definition) is 7. The van der Waals surface area contributed by atoms with Gasteiger partial charge in [-0.2, -0.15) is 0 Å². The summed E-state index contributed by atoms with van der Waals surface area (Å²) in [7, 11) is 0. The summed E-state index contributed by atoms with van der Waals surface area (Å²) in [5.74, 6) is 0.526. The van der Waals surface area contributed by atoms with E-state index in [1.54, 1.807) is 0 Å². The molecule has 0 aliphatic heterocycles. The highest BCUT2D eigenvalue weighted by molar-refractivity contribution is 5.93. The van der Waals surface area contributed by atoms with Gasteiger partial charge in [0.05, 0.1) is 6.54 Å². The zero-order valence-electron chi connectivity index (χ0n) is 11.1. The van der Waals surface area contributed by atoms with Gasteiger partial charge in [0, 0.05) is 19.8 Å². The summed E-state index contributed by atoms with van der Waals surface area (Å²) in [4.78, 5) is 30.8. The number of carbonyl (C=O) groups excluding carboxylic acids is 2. The zero-order valence-corrected chi connectivity index (χ0v) is 11.1. The van der Waals surface area contributed by atoms with Crippen molar-refractivity contribution >= 4 is 11.6 Å². The fourth-order valence-electron chi connectivity index (χ4n) is 1.65. The monoisotopic (exact) mass is 277 g/mol. The van der Waals surface area contributed by atoms with Gasteiger partial charge in [-0.1, -0.05) is 0 Å². The number of nitrogens with two attached hydrogens (primary N) is 1. The number of nitrogens with zero attached hydrogens (tertiary/aromatic N) is 2. The van der Waals surface area contributed by atoms with Crippen LogP contribution in [0.2, 0.25) is 0 Å². The predicted octanol–water partition coefficient (Wildman–Crippen LogP) is 1.53. The first-order valence-electron chi connectivity index (χ1n) is 6.23. The number of oxazole rings is 2. The van der Waals surface area contributed by atoms with Crippen molar-refractivity contribution in [1.82, 2.24) is 9.97 Å². The number of rotatable bonds is 7. The third kappa shape index (κ3) is 3.39. The Morgan fingerprint density at radius 1 is 1.15 bits per heavy atom. The molecule has 2 heterocycles. The summed E-state index contributed by atoms with van der Waals surface area (Å²) < 4.78 is 10.1. The summed E-state index contributed by atoms with van der Waals surface area (Å²) in [6, 6.07) is 0. The molecule has 20 heavy (non-hydrogen) atoms. The van der Waals surface area contributed by atoms with Crippen molar-refractivity contribution in [2.24, 2.45) is 5.73 Å². The summed E-state index contributed by atoms with van der Waals surface area (Å²) in [6.45, 7) is 1.59. The second-order valence-electron chi connectivity index (χ2n) is 4.29. The van der Waals surface area contributed by atoms with E-state index < -0.39 is 0 Å². The largest absolute Gasteiger partial charge is 0.448 e. The van der Waals surface area contributed by atoms with E-state index in [-0.39, 0.29) is 23.8 Å². The SMILES string of the molecule is CC(=O)c1coc(CCCC(=O)c2coc(CN)n2)n1. The van der Waals surface area contributed by atoms with Gasteiger partial charge in [0.1, 0.15) is 23.9 Å². The Labute approximate surface area is 115 Å². The fraction of sp³-hybridized carbons (Fsp3) is 0.385. The normalized spacial score (nSPS) is 10.7. The quantitative estimate of drug-likeness (QED) is 0.763. The molecule has 0 spiro atoms. The molecule has 0 amide bonds. The number of hydrogen-bond donors (Lipinski definition) is 1. The lowest BCUT2D eigenvalue weighted by Crippen LogP contribution is -2.02. The average Bonchev–Trinajstić information content (AvgIpc) is 3.07. The molecule has 2 aromatic rings. The number of aromatic nitrogens is 2. The molecule has 7 nitrogen and oxygen atoms in total. The first-order valence-corrected chi connectivity index (χ1v) is 6.23. The minimum Gasteiger partial charge on any atom is -0.448 e. The number of aryl methyl sites for hydroxylation is 1. The summed E-state index contributed by atoms with van der Waals surface area (Å²) in [5, 5.41) is 0. The Hall–Kier alpha value is -2.28. The second kappa shape index (κ2) is 6.25. The van der Waals surface area contributed by atoms with Gasteiger partial charge >= 0.3 is 0 Å². The molecule has 0 fully saturated rings. The number of Topliss-reactive ketones (excluding diaryl/α,β-unsaturated/α-hetero) is 2. The summed E-state index contributed by atoms with van der Waals surface area (Å²) in [6.07, 6.45) is 3.98. The molecule has 0 saturated heterocycles. The first kappa shape index (κ1) is 14.1. The van der Waals surface area contributed by atoms with Crippen LogP contribution in [0.1, 0.15) is 52.5 Å². The zero-order chi connectivity index (χ0) is 14.5. The molecule has 0 unspecified atom stereocenters. The molecule has 0 radical (unpaired) electrons. The van der Waals surface area contributed by atoms with Crippen LogP contribution in [-0.2, 0) is 13.0 Å². The van der Waals surface area contributed by atoms with Crippen molar-refractivity contribution in [2.75, 3.05) is 0 Å². The Morgan fingerprint density at radius 2 is 1.80 bits per heavy atom. The molecule has 0 saturated carbocycles. The van der Waals surface area contributed by atoms with E-state index >= 15 is 0 Å². The van der Waals surface area contributed by atoms with Crippen molar-refractivity contribution in [3.05, 3.63) is 35.7 Å². The van der Waals surface area contributed by atoms with Gasteiger partial charge in [0.2, 0.25) is 5.89 Å². The minimum atomic E-state index is -0.145. The van der Waals surface area contributed by atoms with Crippen LogP contribution < -0.4 is 5.73 Å². The van der Waals surface area contributed by atoms with Crippen LogP contribution in [0.4, 0.5) is 0 Å². The first-order chi connectivity index (χ1) is 9.60. The lowest BCUT2D eigenvalue weighted by Gasteiger charge is -1.95. The van der Waals surface area contributed by atoms with E-state index in [2.05, 4.69) is 9.97 Å². The van der Waals surface area contributed by atoms with Gasteiger partial charge < -0.3 is 14.6 Å². The molecule has 0 bridgehead atoms. The van der Waals surface area contributed by atoms with E-state index in [0.29, 0.717) is 36.7 Å². The van der Waals surface area contributed by atoms with Gasteiger partial charge in [-0.25, -0.2) is 9.97 Å². The molecule has 106 valence electrons. The topological polar surface area (TPSA) is 112 Å². The average molecular weight is 277 g/mol. The van der Waals surface area contributed by atoms with E-state index in [1.807, 2.05) is 0 Å². The van der Waals surface area contributed by atoms with Gasteiger partial charge in [0.25, 0.3) is 0 Å². The molecule has 2 aromatic heterocycles. The molecule has 2 N–H and O–H groups in total. The molecule has 0 aliphatic carbocycles. The molecular formula is C13H15N3O4. The second-order valence-corrected chi connectivity index (χ2v) is 4.29. The van der Waals surface area contributed by atoms with Gasteiger partial charge in [-0.05, 0) is 6.42 Å². The van der Waals surface area contributed by atoms with Crippen LogP contribution in [-0.4, -0.2) is 21.5 Å². The maximum atomic E-state index is 11.8. The van der Waals surface area contributed by atoms with Crippen molar-refractivity contribution in [2.45, 2.75) is 32.7 Å². The molecule has 0 aromatic carbocycles. The number of ketones is 2. The van der Waals surface area contributed by atoms with E-state index in [1.165, 1.54) is 19.5 Å². The van der Waals surface area contributed by atoms with Gasteiger partial charge in [-0.3, -0.25) is 9.59 Å². The highest BCUT2D eigenvalue weighted by atomic mass is 16.3. The smallest absolute Gasteiger partial charge is 0.208 e. The van der Waals surface area contributed by atoms with Crippen molar-refractivity contribution in [3.8, 4) is 0 Å². The Kier molecular flexibility index (Phi) is 4.41. The van der Waals surface area contributed by atoms with E-state index in [4.69, 9.17) is 14.6 Å². The third-order valence-corrected chi connectivity index (χ3v) is 2.72. The molecule has 0 atom stereocenters. The Morgan fingerprint density at radius 3 is 2.40 bits per heavy atom. The lowest BCUT2D eigenvalue weighted by molar-refractivity contribution is 0.0972. The molecule has 0 aliphatic rings. The maximum absolute atomic E-state index is 11.8. The van der Waals surface area contributed by atoms with Crippen LogP contribution in [0.5, 0.6) is 0 Å². The van der Waals surface area contributed by atoms with Crippen LogP contribution in [0.3, 0.4) is 0 Å². The number of carbonyl (C=O) groups is 2. The standard InChI is InChI=1S/C13H15N3O4/c1-8(17)9-6-19-12(15-9)4-2-3-11(18)10-7-20-13(5-14)16-10/h6-7H,2-5,14H2,1H3. The fourth-order valence-corrected chi connectivity index (χ4v) is 1.65. The Balaban J connectivity index is 1.82. The summed E-state index contributed by atoms with van der Waals surface area (Å²) >= 11 is 0. The van der Waals surface area contributed by atoms with Crippen LogP contribution in [0.25, 0.3) is 0 Å². The third-order valence-electron chi connectivity index (χ3n) is 2.72. The van der Waals surface area contributed by atoms with E-state index in [9.17, 15) is 9.59 Å². The highest BCUT2D eigenvalue weighted by Gasteiger charge is 2.13. The van der Waals surface area contributed by atoms with Gasteiger partial charge in [0.15, 0.2) is 17.5 Å². The van der Waals surface area contributed by atoms with Crippen molar-refractivity contribution in [3.63, 3.8) is 0 Å². The lowest BCUT2D eigenvalue weighted by atomic mass is 10.1. The van der Waals surface area contributed by atoms with Crippen molar-refractivity contribution in [1.29, 1.82) is 0 Å². The minimum absolute atomic E-state index is 0.119. The Bertz CT molecular complexity index is 615. The van der Waals surface area contributed by atoms with Crippen LogP contribution in [0, 0.1) is 0 Å². The maximum Gasteiger partial charge on any atom is 0.208 e. The highest BCUT2D eigenvalue weighted by Crippen LogP contribution is 2.10. The predicted molar refractivity (Wildman–Crippen MR) is 68.2 cm³/mol. The van der Waals surface area contributed by atoms with E-state index in [0.717, 1.165) is 0 Å². The molecule has 7 heteroatoms. The van der Waals surface area contributed by atoms with Crippen molar-refractivity contribution < 1.29 is 18.4 Å². The molecular weight excluding hydrogens is 262 g/mol. The van der Waals surface area contributed by atoms with Crippen LogP contribution in [0.15, 0.2) is 21.4 Å². The summed E-state index contributed by atoms with van der Waals surface area (Å²) in [5.41, 5.74) is 5.93. The van der Waals surface area contributed by atoms with Gasteiger partial charge in [-0.15, -0.1) is 0 Å². The van der Waals surface area contributed by atoms with Crippen LogP contribution >= 0.6 is 0 Å². The molecule has 2 rings (SSSR count).